The molecule has 0 atom stereocenters. The fourth-order valence-corrected chi connectivity index (χ4v) is 0.321. The van der Waals surface area contributed by atoms with Crippen molar-refractivity contribution in [2.45, 2.75) is 41.5 Å². The Hall–Kier alpha value is 0.675. The van der Waals surface area contributed by atoms with Crippen LogP contribution in [0.4, 0.5) is 0 Å². The molecule has 0 fully saturated rings. The fraction of sp³-hybridized carbons (Fsp3) is 0.429. The minimum Gasteiger partial charge on any atom is -0.335 e. The Balaban J connectivity index is -0.0000000550. The SMILES string of the molecule is C[CH-]C.C[CH-]C.C[CH-]C.[Gd].c1cc[cH-]c1. The van der Waals surface area contributed by atoms with E-state index in [1.807, 2.05) is 91.1 Å². The second-order valence-corrected chi connectivity index (χ2v) is 2.69. The molecule has 0 nitrogen and oxygen atoms in total. The van der Waals surface area contributed by atoms with Gasteiger partial charge in [-0.25, -0.2) is 12.1 Å². The van der Waals surface area contributed by atoms with E-state index in [-0.39, 0.29) is 39.9 Å². The van der Waals surface area contributed by atoms with Crippen LogP contribution in [0.1, 0.15) is 41.5 Å². The van der Waals surface area contributed by atoms with Gasteiger partial charge in [0.1, 0.15) is 0 Å². The molecule has 0 bridgehead atoms. The van der Waals surface area contributed by atoms with Gasteiger partial charge in [-0.05, 0) is 0 Å². The Labute approximate surface area is 130 Å². The summed E-state index contributed by atoms with van der Waals surface area (Å²) in [5, 5.41) is 0. The van der Waals surface area contributed by atoms with E-state index in [9.17, 15) is 0 Å². The van der Waals surface area contributed by atoms with E-state index in [1.165, 1.54) is 0 Å². The maximum atomic E-state index is 2.00. The van der Waals surface area contributed by atoms with E-state index in [4.69, 9.17) is 0 Å². The van der Waals surface area contributed by atoms with E-state index < -0.39 is 0 Å². The molecule has 1 rings (SSSR count). The molecule has 1 aromatic rings. The van der Waals surface area contributed by atoms with Crippen molar-refractivity contribution < 1.29 is 39.9 Å². The standard InChI is InChI=1S/C5H5.3C3H7.Gd/c1-2-4-5-3-1;3*1-3-2;/h1-5H;3*3H,1-2H3;/q4*-1;. The van der Waals surface area contributed by atoms with Crippen LogP contribution in [0.15, 0.2) is 30.3 Å². The maximum Gasteiger partial charge on any atom is 0 e. The van der Waals surface area contributed by atoms with Gasteiger partial charge in [0.05, 0.1) is 0 Å². The monoisotopic (exact) mass is 352 g/mol. The zero-order valence-electron chi connectivity index (χ0n) is 11.0. The Kier molecular flexibility index (Phi) is 60.2. The first-order valence-electron chi connectivity index (χ1n) is 5.13. The predicted octanol–water partition coefficient (Wildman–Crippen LogP) is 5.10. The Morgan fingerprint density at radius 3 is 0.933 bits per heavy atom. The molecule has 0 amide bonds. The minimum atomic E-state index is 0. The number of hydrogen-bond donors (Lipinski definition) is 0. The Bertz CT molecular complexity index is 88.9. The van der Waals surface area contributed by atoms with Crippen LogP contribution in [0, 0.1) is 59.2 Å². The summed E-state index contributed by atoms with van der Waals surface area (Å²) in [7, 11) is 0. The third kappa shape index (κ3) is 73.2. The van der Waals surface area contributed by atoms with Crippen molar-refractivity contribution in [2.75, 3.05) is 0 Å². The molecule has 0 radical (unpaired) electrons. The van der Waals surface area contributed by atoms with Crippen LogP contribution in [0.3, 0.4) is 0 Å². The average molecular weight is 352 g/mol. The van der Waals surface area contributed by atoms with Crippen molar-refractivity contribution in [2.24, 2.45) is 0 Å². The summed E-state index contributed by atoms with van der Waals surface area (Å²) in [5.74, 6) is 0. The zero-order chi connectivity index (χ0) is 11.7. The summed E-state index contributed by atoms with van der Waals surface area (Å²) >= 11 is 0. The van der Waals surface area contributed by atoms with Crippen LogP contribution in [-0.2, 0) is 0 Å². The molecule has 1 heteroatoms. The van der Waals surface area contributed by atoms with Crippen LogP contribution in [0.5, 0.6) is 0 Å². The molecule has 0 aliphatic rings. The second-order valence-electron chi connectivity index (χ2n) is 2.69. The van der Waals surface area contributed by atoms with Gasteiger partial charge in [0.15, 0.2) is 0 Å². The molecule has 0 aromatic heterocycles. The number of hydrogen-bond acceptors (Lipinski definition) is 0. The van der Waals surface area contributed by atoms with Gasteiger partial charge in [0, 0.05) is 39.9 Å². The molecule has 0 saturated heterocycles. The predicted molar refractivity (Wildman–Crippen MR) is 69.0 cm³/mol. The smallest absolute Gasteiger partial charge is 0 e. The average Bonchev–Trinajstić information content (AvgIpc) is 2.63. The molecule has 15 heavy (non-hydrogen) atoms. The van der Waals surface area contributed by atoms with Crippen LogP contribution < -0.4 is 0 Å². The van der Waals surface area contributed by atoms with Crippen LogP contribution in [-0.4, -0.2) is 0 Å². The summed E-state index contributed by atoms with van der Waals surface area (Å²) in [6, 6.07) is 10.0. The van der Waals surface area contributed by atoms with Crippen LogP contribution in [0.2, 0.25) is 0 Å². The van der Waals surface area contributed by atoms with Gasteiger partial charge in [-0.2, -0.15) is 59.7 Å². The summed E-state index contributed by atoms with van der Waals surface area (Å²) in [6.45, 7) is 12.0. The molecule has 1 aromatic carbocycles. The molecular weight excluding hydrogens is 325 g/mol. The third-order valence-electron chi connectivity index (χ3n) is 0.556. The molecule has 0 N–H and O–H groups in total. The third-order valence-corrected chi connectivity index (χ3v) is 0.556. The van der Waals surface area contributed by atoms with E-state index >= 15 is 0 Å². The second kappa shape index (κ2) is 36.5. The summed E-state index contributed by atoms with van der Waals surface area (Å²) in [5.41, 5.74) is 0. The van der Waals surface area contributed by atoms with Gasteiger partial charge < -0.3 is 19.3 Å². The molecule has 0 aliphatic heterocycles. The quantitative estimate of drug-likeness (QED) is 0.571. The topological polar surface area (TPSA) is 0 Å². The Morgan fingerprint density at radius 1 is 0.667 bits per heavy atom. The van der Waals surface area contributed by atoms with Crippen molar-refractivity contribution in [1.29, 1.82) is 0 Å². The first-order chi connectivity index (χ1) is 6.74. The van der Waals surface area contributed by atoms with Crippen molar-refractivity contribution >= 4 is 0 Å². The normalized spacial score (nSPS) is 6.27. The first-order valence-corrected chi connectivity index (χ1v) is 5.13. The van der Waals surface area contributed by atoms with Crippen molar-refractivity contribution in [3.63, 3.8) is 0 Å². The summed E-state index contributed by atoms with van der Waals surface area (Å²) in [4.78, 5) is 0. The Morgan fingerprint density at radius 2 is 0.867 bits per heavy atom. The van der Waals surface area contributed by atoms with Crippen molar-refractivity contribution in [3.05, 3.63) is 49.6 Å². The molecule has 0 saturated carbocycles. The van der Waals surface area contributed by atoms with Gasteiger partial charge in [-0.3, -0.25) is 0 Å². The van der Waals surface area contributed by atoms with Crippen molar-refractivity contribution in [1.82, 2.24) is 0 Å². The fourth-order valence-electron chi connectivity index (χ4n) is 0.321. The number of rotatable bonds is 0. The first kappa shape index (κ1) is 24.8. The van der Waals surface area contributed by atoms with E-state index in [0.29, 0.717) is 0 Å². The largest absolute Gasteiger partial charge is 0.335 e. The van der Waals surface area contributed by atoms with Crippen molar-refractivity contribution in [3.8, 4) is 0 Å². The molecular formula is C14H26Gd-4. The van der Waals surface area contributed by atoms with Crippen LogP contribution in [0.25, 0.3) is 0 Å². The van der Waals surface area contributed by atoms with Gasteiger partial charge >= 0.3 is 0 Å². The molecule has 0 unspecified atom stereocenters. The van der Waals surface area contributed by atoms with E-state index in [1.54, 1.807) is 0 Å². The van der Waals surface area contributed by atoms with E-state index in [0.717, 1.165) is 0 Å². The summed E-state index contributed by atoms with van der Waals surface area (Å²) in [6.07, 6.45) is 6.00. The van der Waals surface area contributed by atoms with Crippen LogP contribution >= 0.6 is 0 Å². The molecule has 0 aliphatic carbocycles. The maximum absolute atomic E-state index is 2.00. The molecule has 0 spiro atoms. The minimum absolute atomic E-state index is 0. The van der Waals surface area contributed by atoms with Gasteiger partial charge in [0.25, 0.3) is 0 Å². The summed E-state index contributed by atoms with van der Waals surface area (Å²) < 4.78 is 0. The zero-order valence-corrected chi connectivity index (χ0v) is 13.2. The van der Waals surface area contributed by atoms with Gasteiger partial charge in [0.2, 0.25) is 0 Å². The molecule has 0 heterocycles. The van der Waals surface area contributed by atoms with Gasteiger partial charge in [-0.1, -0.05) is 0 Å². The molecule has 94 valence electrons. The van der Waals surface area contributed by atoms with Gasteiger partial charge in [-0.15, -0.1) is 0 Å². The van der Waals surface area contributed by atoms with E-state index in [2.05, 4.69) is 0 Å².